The van der Waals surface area contributed by atoms with E-state index in [-0.39, 0.29) is 23.3 Å². The molecule has 1 heterocycles. The molecule has 0 aromatic carbocycles. The van der Waals surface area contributed by atoms with Gasteiger partial charge in [-0.3, -0.25) is 14.8 Å². The fourth-order valence-electron chi connectivity index (χ4n) is 1.83. The normalized spacial score (nSPS) is 11.8. The van der Waals surface area contributed by atoms with Gasteiger partial charge in [0.2, 0.25) is 0 Å². The van der Waals surface area contributed by atoms with Crippen molar-refractivity contribution in [2.24, 2.45) is 17.0 Å². The van der Waals surface area contributed by atoms with Crippen LogP contribution in [0, 0.1) is 12.3 Å². The molecule has 5 N–H and O–H groups in total. The first-order valence-corrected chi connectivity index (χ1v) is 7.98. The molecule has 8 nitrogen and oxygen atoms in total. The zero-order chi connectivity index (χ0) is 19.2. The number of anilines is 1. The molecule has 25 heavy (non-hydrogen) atoms. The zero-order valence-electron chi connectivity index (χ0n) is 15.4. The number of nitrogens with two attached hydrogens (primary N) is 2. The summed E-state index contributed by atoms with van der Waals surface area (Å²) < 4.78 is 4.94. The summed E-state index contributed by atoms with van der Waals surface area (Å²) in [5, 5.41) is 3.90. The number of hydrogen-bond acceptors (Lipinski definition) is 7. The minimum absolute atomic E-state index is 0.0484. The highest BCUT2D eigenvalue weighted by atomic mass is 16.5. The highest BCUT2D eigenvalue weighted by Crippen LogP contribution is 2.18. The summed E-state index contributed by atoms with van der Waals surface area (Å²) in [4.78, 5) is 28.0. The maximum atomic E-state index is 12.0. The van der Waals surface area contributed by atoms with E-state index in [9.17, 15) is 9.59 Å². The van der Waals surface area contributed by atoms with Crippen LogP contribution < -0.4 is 21.9 Å². The molecule has 0 bridgehead atoms. The Morgan fingerprint density at radius 1 is 1.40 bits per heavy atom. The average molecular weight is 349 g/mol. The predicted octanol–water partition coefficient (Wildman–Crippen LogP) is 1.21. The smallest absolute Gasteiger partial charge is 0.339 e. The maximum Gasteiger partial charge on any atom is 0.339 e. The van der Waals surface area contributed by atoms with Crippen molar-refractivity contribution in [2.45, 2.75) is 34.6 Å². The Balaban J connectivity index is 2.94. The minimum Gasteiger partial charge on any atom is -0.462 e. The first-order chi connectivity index (χ1) is 11.5. The lowest BCUT2D eigenvalue weighted by atomic mass is 9.97. The Kier molecular flexibility index (Phi) is 6.93. The van der Waals surface area contributed by atoms with Crippen LogP contribution in [0.3, 0.4) is 0 Å². The van der Waals surface area contributed by atoms with Gasteiger partial charge in [0.05, 0.1) is 29.8 Å². The van der Waals surface area contributed by atoms with Gasteiger partial charge in [-0.15, -0.1) is 0 Å². The first-order valence-electron chi connectivity index (χ1n) is 7.98. The van der Waals surface area contributed by atoms with E-state index in [1.54, 1.807) is 13.8 Å². The van der Waals surface area contributed by atoms with Crippen LogP contribution in [0.4, 0.5) is 5.69 Å². The van der Waals surface area contributed by atoms with Crippen LogP contribution in [0.1, 0.15) is 43.7 Å². The lowest BCUT2D eigenvalue weighted by Crippen LogP contribution is -2.37. The van der Waals surface area contributed by atoms with E-state index < -0.39 is 11.9 Å². The fraction of sp³-hybridized carbons (Fsp3) is 0.471. The molecule has 8 heteroatoms. The van der Waals surface area contributed by atoms with E-state index in [4.69, 9.17) is 16.3 Å². The van der Waals surface area contributed by atoms with Crippen molar-refractivity contribution < 1.29 is 14.3 Å². The number of esters is 1. The van der Waals surface area contributed by atoms with Gasteiger partial charge in [-0.2, -0.15) is 0 Å². The molecular weight excluding hydrogens is 322 g/mol. The molecule has 1 aromatic heterocycles. The standard InChI is InChI=1S/C17H27N5O3/c1-6-25-16(24)12-7-14(11(2)20-8-12)22(19)9-13(18)15(23)21-10-17(3,4)5/h7-9H,6,10,18-19H2,1-5H3,(H,21,23)/b13-9-. The average Bonchev–Trinajstić information content (AvgIpc) is 2.52. The maximum absolute atomic E-state index is 12.0. The SMILES string of the molecule is CCOC(=O)c1cnc(C)c(N(N)/C=C(\N)C(=O)NCC(C)(C)C)c1. The highest BCUT2D eigenvalue weighted by molar-refractivity contribution is 5.93. The van der Waals surface area contributed by atoms with Gasteiger partial charge < -0.3 is 15.8 Å². The van der Waals surface area contributed by atoms with Crippen LogP contribution >= 0.6 is 0 Å². The largest absolute Gasteiger partial charge is 0.462 e. The first kappa shape index (κ1) is 20.4. The second-order valence-corrected chi connectivity index (χ2v) is 6.78. The third-order valence-electron chi connectivity index (χ3n) is 3.17. The Hall–Kier alpha value is -2.61. The molecule has 0 unspecified atom stereocenters. The van der Waals surface area contributed by atoms with Gasteiger partial charge in [0.1, 0.15) is 5.70 Å². The van der Waals surface area contributed by atoms with E-state index in [2.05, 4.69) is 10.3 Å². The predicted molar refractivity (Wildman–Crippen MR) is 96.3 cm³/mol. The lowest BCUT2D eigenvalue weighted by Gasteiger charge is -2.20. The second-order valence-electron chi connectivity index (χ2n) is 6.78. The van der Waals surface area contributed by atoms with Crippen molar-refractivity contribution in [1.82, 2.24) is 10.3 Å². The van der Waals surface area contributed by atoms with Gasteiger partial charge in [0.25, 0.3) is 5.91 Å². The van der Waals surface area contributed by atoms with Crippen LogP contribution in [-0.4, -0.2) is 30.0 Å². The summed E-state index contributed by atoms with van der Waals surface area (Å²) in [7, 11) is 0. The topological polar surface area (TPSA) is 124 Å². The highest BCUT2D eigenvalue weighted by Gasteiger charge is 2.16. The molecule has 0 radical (unpaired) electrons. The number of rotatable bonds is 6. The van der Waals surface area contributed by atoms with Gasteiger partial charge in [-0.25, -0.2) is 10.6 Å². The van der Waals surface area contributed by atoms with Gasteiger partial charge in [-0.1, -0.05) is 20.8 Å². The Morgan fingerprint density at radius 3 is 2.60 bits per heavy atom. The van der Waals surface area contributed by atoms with Gasteiger partial charge in [-0.05, 0) is 25.3 Å². The van der Waals surface area contributed by atoms with Gasteiger partial charge in [0, 0.05) is 12.7 Å². The lowest BCUT2D eigenvalue weighted by molar-refractivity contribution is -0.117. The van der Waals surface area contributed by atoms with Crippen molar-refractivity contribution in [1.29, 1.82) is 0 Å². The molecule has 0 atom stereocenters. The van der Waals surface area contributed by atoms with Crippen molar-refractivity contribution in [3.63, 3.8) is 0 Å². The number of aromatic nitrogens is 1. The fourth-order valence-corrected chi connectivity index (χ4v) is 1.83. The number of hydrazine groups is 1. The summed E-state index contributed by atoms with van der Waals surface area (Å²) in [6.07, 6.45) is 2.70. The van der Waals surface area contributed by atoms with Crippen LogP contribution in [-0.2, 0) is 9.53 Å². The molecule has 1 amide bonds. The van der Waals surface area contributed by atoms with Crippen LogP contribution in [0.15, 0.2) is 24.2 Å². The van der Waals surface area contributed by atoms with E-state index in [1.165, 1.54) is 18.5 Å². The molecule has 0 aliphatic heterocycles. The molecule has 1 aromatic rings. The Morgan fingerprint density at radius 2 is 2.04 bits per heavy atom. The van der Waals surface area contributed by atoms with Crippen molar-refractivity contribution >= 4 is 17.6 Å². The third-order valence-corrected chi connectivity index (χ3v) is 3.17. The van der Waals surface area contributed by atoms with Crippen molar-refractivity contribution in [3.8, 4) is 0 Å². The monoisotopic (exact) mass is 349 g/mol. The molecule has 0 aliphatic rings. The van der Waals surface area contributed by atoms with E-state index in [1.807, 2.05) is 20.8 Å². The number of aryl methyl sites for hydroxylation is 1. The number of ether oxygens (including phenoxy) is 1. The van der Waals surface area contributed by atoms with Gasteiger partial charge >= 0.3 is 5.97 Å². The summed E-state index contributed by atoms with van der Waals surface area (Å²) in [6, 6.07) is 1.54. The summed E-state index contributed by atoms with van der Waals surface area (Å²) in [5.74, 6) is 5.05. The molecule has 0 saturated carbocycles. The third kappa shape index (κ3) is 6.42. The van der Waals surface area contributed by atoms with Crippen molar-refractivity contribution in [3.05, 3.63) is 35.4 Å². The molecular formula is C17H27N5O3. The number of amides is 1. The Labute approximate surface area is 148 Å². The number of carbonyl (C=O) groups excluding carboxylic acids is 2. The number of nitrogens with one attached hydrogen (secondary N) is 1. The zero-order valence-corrected chi connectivity index (χ0v) is 15.4. The number of hydrogen-bond donors (Lipinski definition) is 3. The molecule has 0 fully saturated rings. The van der Waals surface area contributed by atoms with E-state index in [0.717, 1.165) is 5.01 Å². The van der Waals surface area contributed by atoms with E-state index >= 15 is 0 Å². The number of carbonyl (C=O) groups is 2. The minimum atomic E-state index is -0.496. The number of pyridine rings is 1. The summed E-state index contributed by atoms with van der Waals surface area (Å²) >= 11 is 0. The number of nitrogens with zero attached hydrogens (tertiary/aromatic N) is 2. The molecule has 0 saturated heterocycles. The molecule has 0 spiro atoms. The van der Waals surface area contributed by atoms with Crippen LogP contribution in [0.25, 0.3) is 0 Å². The van der Waals surface area contributed by atoms with Crippen LogP contribution in [0.2, 0.25) is 0 Å². The summed E-state index contributed by atoms with van der Waals surface area (Å²) in [6.45, 7) is 10.2. The van der Waals surface area contributed by atoms with Crippen molar-refractivity contribution in [2.75, 3.05) is 18.2 Å². The molecule has 138 valence electrons. The van der Waals surface area contributed by atoms with E-state index in [0.29, 0.717) is 17.9 Å². The Bertz CT molecular complexity index is 665. The molecule has 0 aliphatic carbocycles. The van der Waals surface area contributed by atoms with Gasteiger partial charge in [0.15, 0.2) is 0 Å². The second kappa shape index (κ2) is 8.48. The summed E-state index contributed by atoms with van der Waals surface area (Å²) in [5.41, 5.74) is 6.97. The molecule has 1 rings (SSSR count). The quantitative estimate of drug-likeness (QED) is 0.305. The van der Waals surface area contributed by atoms with Crippen LogP contribution in [0.5, 0.6) is 0 Å².